The highest BCUT2D eigenvalue weighted by atomic mass is 32.2. The van der Waals surface area contributed by atoms with Gasteiger partial charge in [0.15, 0.2) is 0 Å². The number of aromatic nitrogens is 2. The molecule has 0 aliphatic carbocycles. The molecule has 2 N–H and O–H groups in total. The number of imidazole rings is 1. The van der Waals surface area contributed by atoms with Gasteiger partial charge in [-0.05, 0) is 23.8 Å². The normalized spacial score (nSPS) is 14.1. The van der Waals surface area contributed by atoms with E-state index in [0.29, 0.717) is 6.54 Å². The highest BCUT2D eigenvalue weighted by Gasteiger charge is 2.17. The second-order valence-corrected chi connectivity index (χ2v) is 6.65. The van der Waals surface area contributed by atoms with Crippen molar-refractivity contribution in [1.29, 1.82) is 0 Å². The summed E-state index contributed by atoms with van der Waals surface area (Å²) in [7, 11) is 0. The smallest absolute Gasteiger partial charge is 0.261 e. The summed E-state index contributed by atoms with van der Waals surface area (Å²) in [5.41, 5.74) is 1.34. The lowest BCUT2D eigenvalue weighted by atomic mass is 10.2. The van der Waals surface area contributed by atoms with Crippen molar-refractivity contribution in [1.82, 2.24) is 15.3 Å². The van der Waals surface area contributed by atoms with Crippen molar-refractivity contribution >= 4 is 29.0 Å². The summed E-state index contributed by atoms with van der Waals surface area (Å²) in [4.78, 5) is 21.4. The summed E-state index contributed by atoms with van der Waals surface area (Å²) in [6.07, 6.45) is 5.36. The van der Waals surface area contributed by atoms with E-state index in [-0.39, 0.29) is 5.91 Å². The fourth-order valence-electron chi connectivity index (χ4n) is 2.08. The van der Waals surface area contributed by atoms with Gasteiger partial charge in [-0.15, -0.1) is 11.3 Å². The quantitative estimate of drug-likeness (QED) is 0.909. The molecule has 4 nitrogen and oxygen atoms in total. The molecular weight excluding hydrogens is 278 g/mol. The van der Waals surface area contributed by atoms with Gasteiger partial charge in [0.05, 0.1) is 4.88 Å². The maximum Gasteiger partial charge on any atom is 0.261 e. The maximum atomic E-state index is 12.1. The molecule has 2 aromatic heterocycles. The monoisotopic (exact) mass is 293 g/mol. The molecule has 3 heterocycles. The van der Waals surface area contributed by atoms with Crippen LogP contribution in [0.3, 0.4) is 0 Å². The second kappa shape index (κ2) is 5.79. The van der Waals surface area contributed by atoms with Crippen molar-refractivity contribution in [3.8, 4) is 0 Å². The average Bonchev–Trinajstić information content (AvgIpc) is 3.07. The van der Waals surface area contributed by atoms with Crippen molar-refractivity contribution in [2.75, 3.05) is 12.3 Å². The number of amides is 1. The first-order valence-electron chi connectivity index (χ1n) is 6.29. The lowest BCUT2D eigenvalue weighted by Crippen LogP contribution is -2.25. The van der Waals surface area contributed by atoms with Gasteiger partial charge in [-0.25, -0.2) is 4.98 Å². The van der Waals surface area contributed by atoms with Crippen molar-refractivity contribution in [2.24, 2.45) is 0 Å². The average molecular weight is 293 g/mol. The summed E-state index contributed by atoms with van der Waals surface area (Å²) in [6, 6.07) is 2.05. The van der Waals surface area contributed by atoms with Gasteiger partial charge in [-0.3, -0.25) is 4.79 Å². The highest BCUT2D eigenvalue weighted by Crippen LogP contribution is 2.31. The third-order valence-corrected chi connectivity index (χ3v) is 5.30. The van der Waals surface area contributed by atoms with Crippen LogP contribution in [0.15, 0.2) is 18.5 Å². The number of carbonyl (C=O) groups is 1. The molecule has 100 valence electrons. The second-order valence-electron chi connectivity index (χ2n) is 4.40. The van der Waals surface area contributed by atoms with Crippen LogP contribution in [0.5, 0.6) is 0 Å². The number of rotatable bonds is 4. The Morgan fingerprint density at radius 1 is 1.53 bits per heavy atom. The Hall–Kier alpha value is -1.27. The lowest BCUT2D eigenvalue weighted by Gasteiger charge is -2.08. The zero-order chi connectivity index (χ0) is 13.1. The van der Waals surface area contributed by atoms with Gasteiger partial charge in [0.25, 0.3) is 5.91 Å². The number of fused-ring (bicyclic) bond motifs is 1. The number of H-pyrrole nitrogens is 1. The van der Waals surface area contributed by atoms with Crippen LogP contribution in [0, 0.1) is 0 Å². The van der Waals surface area contributed by atoms with E-state index in [1.54, 1.807) is 23.7 Å². The molecule has 6 heteroatoms. The first-order chi connectivity index (χ1) is 9.33. The molecule has 2 aromatic rings. The summed E-state index contributed by atoms with van der Waals surface area (Å²) < 4.78 is 0. The molecule has 1 amide bonds. The van der Waals surface area contributed by atoms with Crippen LogP contribution >= 0.6 is 23.1 Å². The van der Waals surface area contributed by atoms with Gasteiger partial charge in [0.1, 0.15) is 5.82 Å². The number of carbonyl (C=O) groups excluding carboxylic acids is 1. The van der Waals surface area contributed by atoms with Gasteiger partial charge >= 0.3 is 0 Å². The molecule has 0 spiro atoms. The Kier molecular flexibility index (Phi) is 3.89. The Bertz CT molecular complexity index is 539. The molecule has 0 atom stereocenters. The highest BCUT2D eigenvalue weighted by molar-refractivity contribution is 7.98. The number of nitrogens with zero attached hydrogens (tertiary/aromatic N) is 1. The van der Waals surface area contributed by atoms with Crippen molar-refractivity contribution in [2.45, 2.75) is 18.6 Å². The molecular formula is C13H15N3OS2. The van der Waals surface area contributed by atoms with Crippen LogP contribution in [0.2, 0.25) is 0 Å². The SMILES string of the molecule is O=C(NCCc1ncc[nH]1)c1cc2c(s1)CCSC2. The van der Waals surface area contributed by atoms with E-state index < -0.39 is 0 Å². The van der Waals surface area contributed by atoms with E-state index in [1.807, 2.05) is 17.8 Å². The number of nitrogens with one attached hydrogen (secondary N) is 2. The topological polar surface area (TPSA) is 57.8 Å². The molecule has 0 fully saturated rings. The molecule has 0 radical (unpaired) electrons. The van der Waals surface area contributed by atoms with Crippen molar-refractivity contribution < 1.29 is 4.79 Å². The standard InChI is InChI=1S/C13H15N3OS2/c17-13(16-3-1-12-14-4-5-15-12)11-7-9-8-18-6-2-10(9)19-11/h4-5,7H,1-3,6,8H2,(H,14,15)(H,16,17). The third-order valence-electron chi connectivity index (χ3n) is 3.05. The van der Waals surface area contributed by atoms with E-state index in [2.05, 4.69) is 15.3 Å². The van der Waals surface area contributed by atoms with E-state index in [0.717, 1.165) is 29.3 Å². The van der Waals surface area contributed by atoms with Gasteiger partial charge in [-0.1, -0.05) is 0 Å². The minimum absolute atomic E-state index is 0.0379. The predicted octanol–water partition coefficient (Wildman–Crippen LogP) is 2.23. The predicted molar refractivity (Wildman–Crippen MR) is 78.8 cm³/mol. The van der Waals surface area contributed by atoms with Crippen molar-refractivity contribution in [3.63, 3.8) is 0 Å². The molecule has 3 rings (SSSR count). The molecule has 0 bridgehead atoms. The van der Waals surface area contributed by atoms with E-state index in [4.69, 9.17) is 0 Å². The first-order valence-corrected chi connectivity index (χ1v) is 8.26. The summed E-state index contributed by atoms with van der Waals surface area (Å²) in [6.45, 7) is 0.615. The molecule has 1 aliphatic rings. The summed E-state index contributed by atoms with van der Waals surface area (Å²) in [5, 5.41) is 2.95. The molecule has 1 aliphatic heterocycles. The van der Waals surface area contributed by atoms with Gasteiger partial charge in [-0.2, -0.15) is 11.8 Å². The van der Waals surface area contributed by atoms with Crippen LogP contribution < -0.4 is 5.32 Å². The zero-order valence-corrected chi connectivity index (χ0v) is 12.1. The fourth-order valence-corrected chi connectivity index (χ4v) is 4.36. The first kappa shape index (κ1) is 12.7. The maximum absolute atomic E-state index is 12.1. The number of aromatic amines is 1. The molecule has 0 saturated carbocycles. The van der Waals surface area contributed by atoms with Gasteiger partial charge < -0.3 is 10.3 Å². The number of hydrogen-bond donors (Lipinski definition) is 2. The zero-order valence-electron chi connectivity index (χ0n) is 10.4. The van der Waals surface area contributed by atoms with E-state index in [1.165, 1.54) is 16.2 Å². The van der Waals surface area contributed by atoms with Crippen LogP contribution in [0.1, 0.15) is 25.9 Å². The minimum atomic E-state index is 0.0379. The number of thiophene rings is 1. The van der Waals surface area contributed by atoms with Gasteiger partial charge in [0.2, 0.25) is 0 Å². The molecule has 19 heavy (non-hydrogen) atoms. The Balaban J connectivity index is 1.56. The van der Waals surface area contributed by atoms with Gasteiger partial charge in [0, 0.05) is 36.0 Å². The molecule has 0 unspecified atom stereocenters. The Labute approximate surface area is 120 Å². The number of thioether (sulfide) groups is 1. The van der Waals surface area contributed by atoms with Crippen molar-refractivity contribution in [3.05, 3.63) is 39.6 Å². The lowest BCUT2D eigenvalue weighted by molar-refractivity contribution is 0.0958. The minimum Gasteiger partial charge on any atom is -0.351 e. The number of hydrogen-bond acceptors (Lipinski definition) is 4. The van der Waals surface area contributed by atoms with Crippen LogP contribution in [0.25, 0.3) is 0 Å². The summed E-state index contributed by atoms with van der Waals surface area (Å²) in [5.74, 6) is 3.16. The van der Waals surface area contributed by atoms with Crippen LogP contribution in [0.4, 0.5) is 0 Å². The van der Waals surface area contributed by atoms with E-state index >= 15 is 0 Å². The van der Waals surface area contributed by atoms with E-state index in [9.17, 15) is 4.79 Å². The molecule has 0 saturated heterocycles. The Morgan fingerprint density at radius 3 is 3.26 bits per heavy atom. The third kappa shape index (κ3) is 3.01. The largest absolute Gasteiger partial charge is 0.351 e. The number of aryl methyl sites for hydroxylation is 1. The fraction of sp³-hybridized carbons (Fsp3) is 0.385. The Morgan fingerprint density at radius 2 is 2.47 bits per heavy atom. The van der Waals surface area contributed by atoms with Crippen LogP contribution in [-0.4, -0.2) is 28.2 Å². The summed E-state index contributed by atoms with van der Waals surface area (Å²) >= 11 is 3.58. The van der Waals surface area contributed by atoms with Crippen LogP contribution in [-0.2, 0) is 18.6 Å². The molecule has 0 aromatic carbocycles.